The van der Waals surface area contributed by atoms with Gasteiger partial charge in [0, 0.05) is 34.3 Å². The standard InChI is InChI=1S/C23H23ClN2O/c24-18-6-1-5-17(14-18)22-15-23(20-7-2-8-21(20)26-22)25-19-11-9-16(10-12-19)4-3-13-27/h1,5-6,9-12,14-15,27H,2-4,7-8,13H2,(H,25,26). The summed E-state index contributed by atoms with van der Waals surface area (Å²) in [6.07, 6.45) is 4.94. The number of nitrogens with one attached hydrogen (secondary N) is 1. The van der Waals surface area contributed by atoms with Crippen LogP contribution in [-0.4, -0.2) is 16.7 Å². The summed E-state index contributed by atoms with van der Waals surface area (Å²) in [5, 5.41) is 13.3. The molecule has 0 aliphatic heterocycles. The topological polar surface area (TPSA) is 45.1 Å². The van der Waals surface area contributed by atoms with Crippen molar-refractivity contribution in [1.82, 2.24) is 4.98 Å². The first-order valence-corrected chi connectivity index (χ1v) is 9.86. The first kappa shape index (κ1) is 18.0. The highest BCUT2D eigenvalue weighted by atomic mass is 35.5. The Balaban J connectivity index is 1.64. The number of aliphatic hydroxyl groups is 1. The van der Waals surface area contributed by atoms with E-state index in [1.54, 1.807) is 0 Å². The average molecular weight is 379 g/mol. The lowest BCUT2D eigenvalue weighted by molar-refractivity contribution is 0.288. The van der Waals surface area contributed by atoms with Gasteiger partial charge in [-0.3, -0.25) is 4.98 Å². The molecule has 0 amide bonds. The van der Waals surface area contributed by atoms with E-state index in [0.717, 1.165) is 59.8 Å². The molecule has 0 saturated heterocycles. The van der Waals surface area contributed by atoms with Crippen LogP contribution in [0.1, 0.15) is 29.7 Å². The number of hydrogen-bond donors (Lipinski definition) is 2. The molecule has 3 aromatic rings. The molecule has 4 heteroatoms. The second-order valence-corrected chi connectivity index (χ2v) is 7.43. The largest absolute Gasteiger partial charge is 0.396 e. The van der Waals surface area contributed by atoms with Crippen molar-refractivity contribution in [2.75, 3.05) is 11.9 Å². The highest BCUT2D eigenvalue weighted by molar-refractivity contribution is 6.30. The minimum atomic E-state index is 0.232. The molecule has 1 aliphatic rings. The van der Waals surface area contributed by atoms with E-state index in [9.17, 15) is 0 Å². The van der Waals surface area contributed by atoms with Gasteiger partial charge in [-0.2, -0.15) is 0 Å². The molecule has 0 unspecified atom stereocenters. The molecule has 2 aromatic carbocycles. The van der Waals surface area contributed by atoms with Gasteiger partial charge < -0.3 is 10.4 Å². The molecule has 1 aliphatic carbocycles. The smallest absolute Gasteiger partial charge is 0.0726 e. The van der Waals surface area contributed by atoms with Gasteiger partial charge in [0.05, 0.1) is 5.69 Å². The summed E-state index contributed by atoms with van der Waals surface area (Å²) in [7, 11) is 0. The van der Waals surface area contributed by atoms with Crippen LogP contribution in [0.15, 0.2) is 54.6 Å². The van der Waals surface area contributed by atoms with Crippen molar-refractivity contribution >= 4 is 23.0 Å². The Morgan fingerprint density at radius 3 is 2.67 bits per heavy atom. The maximum absolute atomic E-state index is 8.98. The van der Waals surface area contributed by atoms with Crippen molar-refractivity contribution in [2.45, 2.75) is 32.1 Å². The number of benzene rings is 2. The molecule has 0 bridgehead atoms. The molecule has 0 spiro atoms. The van der Waals surface area contributed by atoms with E-state index >= 15 is 0 Å². The molecule has 1 aromatic heterocycles. The number of fused-ring (bicyclic) bond motifs is 1. The number of hydrogen-bond acceptors (Lipinski definition) is 3. The molecule has 0 saturated carbocycles. The zero-order valence-electron chi connectivity index (χ0n) is 15.2. The molecule has 138 valence electrons. The molecule has 0 fully saturated rings. The number of nitrogens with zero attached hydrogens (tertiary/aromatic N) is 1. The maximum atomic E-state index is 8.98. The van der Waals surface area contributed by atoms with Crippen molar-refractivity contribution in [3.63, 3.8) is 0 Å². The van der Waals surface area contributed by atoms with Crippen molar-refractivity contribution in [3.05, 3.63) is 76.4 Å². The normalized spacial score (nSPS) is 12.8. The predicted molar refractivity (Wildman–Crippen MR) is 112 cm³/mol. The zero-order valence-corrected chi connectivity index (χ0v) is 16.0. The van der Waals surface area contributed by atoms with Crippen molar-refractivity contribution < 1.29 is 5.11 Å². The number of aromatic nitrogens is 1. The third-order valence-electron chi connectivity index (χ3n) is 5.03. The monoisotopic (exact) mass is 378 g/mol. The Bertz CT molecular complexity index is 938. The third kappa shape index (κ3) is 4.15. The summed E-state index contributed by atoms with van der Waals surface area (Å²) in [5.74, 6) is 0. The van der Waals surface area contributed by atoms with E-state index in [1.807, 2.05) is 18.2 Å². The van der Waals surface area contributed by atoms with Crippen LogP contribution in [0.2, 0.25) is 5.02 Å². The second kappa shape index (κ2) is 8.12. The SMILES string of the molecule is OCCCc1ccc(Nc2cc(-c3cccc(Cl)c3)nc3c2CCC3)cc1. The average Bonchev–Trinajstić information content (AvgIpc) is 3.16. The lowest BCUT2D eigenvalue weighted by Crippen LogP contribution is -2.00. The van der Waals surface area contributed by atoms with Crippen LogP contribution in [0.4, 0.5) is 11.4 Å². The predicted octanol–water partition coefficient (Wildman–Crippen LogP) is 5.56. The van der Waals surface area contributed by atoms with E-state index < -0.39 is 0 Å². The first-order valence-electron chi connectivity index (χ1n) is 9.48. The molecular formula is C23H23ClN2O. The van der Waals surface area contributed by atoms with Crippen molar-refractivity contribution in [1.29, 1.82) is 0 Å². The molecule has 0 radical (unpaired) electrons. The number of halogens is 1. The number of anilines is 2. The maximum Gasteiger partial charge on any atom is 0.0726 e. The first-order chi connectivity index (χ1) is 13.2. The van der Waals surface area contributed by atoms with Gasteiger partial charge in [-0.1, -0.05) is 35.9 Å². The molecule has 27 heavy (non-hydrogen) atoms. The van der Waals surface area contributed by atoms with E-state index in [4.69, 9.17) is 21.7 Å². The molecule has 4 rings (SSSR count). The van der Waals surface area contributed by atoms with E-state index in [-0.39, 0.29) is 6.61 Å². The van der Waals surface area contributed by atoms with E-state index in [0.29, 0.717) is 0 Å². The van der Waals surface area contributed by atoms with Crippen LogP contribution < -0.4 is 5.32 Å². The summed E-state index contributed by atoms with van der Waals surface area (Å²) in [6.45, 7) is 0.232. The fourth-order valence-corrected chi connectivity index (χ4v) is 3.83. The van der Waals surface area contributed by atoms with Crippen LogP contribution in [0.3, 0.4) is 0 Å². The van der Waals surface area contributed by atoms with Gasteiger partial charge in [0.2, 0.25) is 0 Å². The Labute approximate surface area is 165 Å². The Kier molecular flexibility index (Phi) is 5.42. The summed E-state index contributed by atoms with van der Waals surface area (Å²) in [6, 6.07) is 18.5. The second-order valence-electron chi connectivity index (χ2n) is 6.99. The highest BCUT2D eigenvalue weighted by Gasteiger charge is 2.18. The molecule has 0 atom stereocenters. The van der Waals surface area contributed by atoms with Gasteiger partial charge in [-0.15, -0.1) is 0 Å². The summed E-state index contributed by atoms with van der Waals surface area (Å²) in [5.41, 5.74) is 7.96. The van der Waals surface area contributed by atoms with Crippen LogP contribution in [-0.2, 0) is 19.3 Å². The molecule has 3 nitrogen and oxygen atoms in total. The van der Waals surface area contributed by atoms with Crippen LogP contribution in [0.5, 0.6) is 0 Å². The van der Waals surface area contributed by atoms with Crippen LogP contribution in [0.25, 0.3) is 11.3 Å². The van der Waals surface area contributed by atoms with Crippen molar-refractivity contribution in [3.8, 4) is 11.3 Å². The molecule has 2 N–H and O–H groups in total. The lowest BCUT2D eigenvalue weighted by atomic mass is 10.1. The summed E-state index contributed by atoms with van der Waals surface area (Å²) >= 11 is 6.17. The number of aryl methyl sites for hydroxylation is 2. The van der Waals surface area contributed by atoms with Gasteiger partial charge in [-0.05, 0) is 73.6 Å². The van der Waals surface area contributed by atoms with Gasteiger partial charge in [0.1, 0.15) is 0 Å². The number of aliphatic hydroxyl groups excluding tert-OH is 1. The zero-order chi connectivity index (χ0) is 18.6. The quantitative estimate of drug-likeness (QED) is 0.590. The molecular weight excluding hydrogens is 356 g/mol. The Morgan fingerprint density at radius 1 is 1.04 bits per heavy atom. The Hall–Kier alpha value is -2.36. The Morgan fingerprint density at radius 2 is 1.89 bits per heavy atom. The fraction of sp³-hybridized carbons (Fsp3) is 0.261. The number of pyridine rings is 1. The molecule has 1 heterocycles. The third-order valence-corrected chi connectivity index (χ3v) is 5.26. The lowest BCUT2D eigenvalue weighted by Gasteiger charge is -2.14. The van der Waals surface area contributed by atoms with Crippen LogP contribution >= 0.6 is 11.6 Å². The fourth-order valence-electron chi connectivity index (χ4n) is 3.64. The van der Waals surface area contributed by atoms with Gasteiger partial charge in [0.25, 0.3) is 0 Å². The summed E-state index contributed by atoms with van der Waals surface area (Å²) < 4.78 is 0. The van der Waals surface area contributed by atoms with E-state index in [2.05, 4.69) is 41.7 Å². The number of rotatable bonds is 6. The van der Waals surface area contributed by atoms with Crippen LogP contribution in [0, 0.1) is 0 Å². The van der Waals surface area contributed by atoms with Gasteiger partial charge in [0.15, 0.2) is 0 Å². The minimum Gasteiger partial charge on any atom is -0.396 e. The van der Waals surface area contributed by atoms with Gasteiger partial charge >= 0.3 is 0 Å². The summed E-state index contributed by atoms with van der Waals surface area (Å²) in [4.78, 5) is 4.89. The highest BCUT2D eigenvalue weighted by Crippen LogP contribution is 2.34. The van der Waals surface area contributed by atoms with Crippen molar-refractivity contribution in [2.24, 2.45) is 0 Å². The van der Waals surface area contributed by atoms with Gasteiger partial charge in [-0.25, -0.2) is 0 Å². The minimum absolute atomic E-state index is 0.232. The van der Waals surface area contributed by atoms with E-state index in [1.165, 1.54) is 16.8 Å².